The normalized spacial score (nSPS) is 24.0. The fourth-order valence-electron chi connectivity index (χ4n) is 1.95. The second-order valence-electron chi connectivity index (χ2n) is 4.42. The van der Waals surface area contributed by atoms with Crippen LogP contribution in [0.25, 0.3) is 0 Å². The summed E-state index contributed by atoms with van der Waals surface area (Å²) in [6.45, 7) is 7.25. The van der Waals surface area contributed by atoms with E-state index in [0.29, 0.717) is 25.0 Å². The van der Waals surface area contributed by atoms with Crippen LogP contribution in [0.4, 0.5) is 0 Å². The van der Waals surface area contributed by atoms with E-state index < -0.39 is 0 Å². The number of nitrogens with two attached hydrogens (primary N) is 1. The van der Waals surface area contributed by atoms with Crippen molar-refractivity contribution in [2.75, 3.05) is 26.2 Å². The Hall–Kier alpha value is -0.610. The molecule has 0 bridgehead atoms. The third-order valence-corrected chi connectivity index (χ3v) is 2.41. The Morgan fingerprint density at radius 2 is 2.36 bits per heavy atom. The second-order valence-corrected chi connectivity index (χ2v) is 4.42. The number of carbonyl (C=O) groups excluding carboxylic acids is 1. The molecule has 0 spiro atoms. The van der Waals surface area contributed by atoms with Crippen LogP contribution < -0.4 is 11.1 Å². The largest absolute Gasteiger partial charge is 0.351 e. The number of hydrogen-bond donors (Lipinski definition) is 2. The van der Waals surface area contributed by atoms with Crippen molar-refractivity contribution in [1.82, 2.24) is 10.2 Å². The third kappa shape index (κ3) is 3.64. The zero-order chi connectivity index (χ0) is 10.6. The van der Waals surface area contributed by atoms with E-state index in [2.05, 4.69) is 24.1 Å². The fraction of sp³-hybridized carbons (Fsp3) is 0.900. The van der Waals surface area contributed by atoms with Crippen LogP contribution in [0.15, 0.2) is 0 Å². The molecule has 1 amide bonds. The minimum atomic E-state index is 0.135. The van der Waals surface area contributed by atoms with E-state index in [4.69, 9.17) is 5.73 Å². The minimum Gasteiger partial charge on any atom is -0.351 e. The SMILES string of the molecule is CC(C)CC1CN(CCN)CC(=O)N1. The summed E-state index contributed by atoms with van der Waals surface area (Å²) in [5, 5.41) is 3.01. The van der Waals surface area contributed by atoms with Gasteiger partial charge in [-0.3, -0.25) is 9.69 Å². The maximum absolute atomic E-state index is 11.3. The maximum Gasteiger partial charge on any atom is 0.234 e. The van der Waals surface area contributed by atoms with Gasteiger partial charge in [0.25, 0.3) is 0 Å². The highest BCUT2D eigenvalue weighted by molar-refractivity contribution is 5.79. The van der Waals surface area contributed by atoms with Crippen LogP contribution in [-0.4, -0.2) is 43.0 Å². The lowest BCUT2D eigenvalue weighted by molar-refractivity contribution is -0.125. The summed E-state index contributed by atoms with van der Waals surface area (Å²) in [6, 6.07) is 0.308. The summed E-state index contributed by atoms with van der Waals surface area (Å²) in [7, 11) is 0. The molecule has 1 fully saturated rings. The molecule has 0 aromatic heterocycles. The first-order chi connectivity index (χ1) is 6.61. The van der Waals surface area contributed by atoms with E-state index in [1.807, 2.05) is 0 Å². The van der Waals surface area contributed by atoms with E-state index in [1.165, 1.54) is 0 Å². The standard InChI is InChI=1S/C10H21N3O/c1-8(2)5-9-6-13(4-3-11)7-10(14)12-9/h8-9H,3-7,11H2,1-2H3,(H,12,14). The van der Waals surface area contributed by atoms with Crippen molar-refractivity contribution in [2.45, 2.75) is 26.3 Å². The second kappa shape index (κ2) is 5.32. The van der Waals surface area contributed by atoms with Crippen molar-refractivity contribution in [1.29, 1.82) is 0 Å². The molecule has 0 saturated carbocycles. The molecule has 1 heterocycles. The van der Waals surface area contributed by atoms with E-state index in [9.17, 15) is 4.79 Å². The lowest BCUT2D eigenvalue weighted by Crippen LogP contribution is -2.55. The van der Waals surface area contributed by atoms with Gasteiger partial charge in [-0.2, -0.15) is 0 Å². The Balaban J connectivity index is 2.41. The molecular formula is C10H21N3O. The van der Waals surface area contributed by atoms with Crippen molar-refractivity contribution in [3.05, 3.63) is 0 Å². The third-order valence-electron chi connectivity index (χ3n) is 2.41. The fourth-order valence-corrected chi connectivity index (χ4v) is 1.95. The van der Waals surface area contributed by atoms with Crippen molar-refractivity contribution in [3.63, 3.8) is 0 Å². The van der Waals surface area contributed by atoms with Gasteiger partial charge in [0.2, 0.25) is 5.91 Å². The number of rotatable bonds is 4. The van der Waals surface area contributed by atoms with E-state index >= 15 is 0 Å². The van der Waals surface area contributed by atoms with Crippen LogP contribution in [-0.2, 0) is 4.79 Å². The monoisotopic (exact) mass is 199 g/mol. The number of hydrogen-bond acceptors (Lipinski definition) is 3. The zero-order valence-electron chi connectivity index (χ0n) is 9.12. The van der Waals surface area contributed by atoms with Gasteiger partial charge >= 0.3 is 0 Å². The molecule has 1 saturated heterocycles. The molecule has 4 nitrogen and oxygen atoms in total. The van der Waals surface area contributed by atoms with E-state index in [0.717, 1.165) is 19.5 Å². The Bertz CT molecular complexity index is 194. The molecule has 1 rings (SSSR count). The first-order valence-electron chi connectivity index (χ1n) is 5.33. The van der Waals surface area contributed by atoms with Gasteiger partial charge in [-0.15, -0.1) is 0 Å². The quantitative estimate of drug-likeness (QED) is 0.659. The van der Waals surface area contributed by atoms with Gasteiger partial charge < -0.3 is 11.1 Å². The topological polar surface area (TPSA) is 58.4 Å². The lowest BCUT2D eigenvalue weighted by atomic mass is 10.0. The van der Waals surface area contributed by atoms with Crippen LogP contribution in [0.5, 0.6) is 0 Å². The van der Waals surface area contributed by atoms with E-state index in [1.54, 1.807) is 0 Å². The molecule has 1 unspecified atom stereocenters. The Morgan fingerprint density at radius 3 is 2.93 bits per heavy atom. The summed E-state index contributed by atoms with van der Waals surface area (Å²) in [5.74, 6) is 0.758. The van der Waals surface area contributed by atoms with Crippen LogP contribution in [0.1, 0.15) is 20.3 Å². The first-order valence-corrected chi connectivity index (χ1v) is 5.33. The predicted molar refractivity (Wildman–Crippen MR) is 56.9 cm³/mol. The van der Waals surface area contributed by atoms with Crippen LogP contribution in [0.3, 0.4) is 0 Å². The van der Waals surface area contributed by atoms with Crippen molar-refractivity contribution < 1.29 is 4.79 Å². The smallest absolute Gasteiger partial charge is 0.234 e. The zero-order valence-corrected chi connectivity index (χ0v) is 9.12. The van der Waals surface area contributed by atoms with Crippen molar-refractivity contribution in [3.8, 4) is 0 Å². The van der Waals surface area contributed by atoms with Gasteiger partial charge in [0.05, 0.1) is 6.54 Å². The van der Waals surface area contributed by atoms with Crippen LogP contribution in [0.2, 0.25) is 0 Å². The molecule has 1 aliphatic rings. The molecule has 0 radical (unpaired) electrons. The average Bonchev–Trinajstić information content (AvgIpc) is 2.01. The molecule has 4 heteroatoms. The maximum atomic E-state index is 11.3. The molecule has 14 heavy (non-hydrogen) atoms. The molecule has 0 aliphatic carbocycles. The summed E-state index contributed by atoms with van der Waals surface area (Å²) in [6.07, 6.45) is 1.05. The molecular weight excluding hydrogens is 178 g/mol. The molecule has 3 N–H and O–H groups in total. The molecule has 0 aromatic rings. The molecule has 1 atom stereocenters. The van der Waals surface area contributed by atoms with Gasteiger partial charge in [0, 0.05) is 25.7 Å². The van der Waals surface area contributed by atoms with Gasteiger partial charge in [-0.1, -0.05) is 13.8 Å². The van der Waals surface area contributed by atoms with Crippen molar-refractivity contribution >= 4 is 5.91 Å². The summed E-state index contributed by atoms with van der Waals surface area (Å²) in [4.78, 5) is 13.5. The Morgan fingerprint density at radius 1 is 1.64 bits per heavy atom. The van der Waals surface area contributed by atoms with E-state index in [-0.39, 0.29) is 5.91 Å². The van der Waals surface area contributed by atoms with Gasteiger partial charge in [-0.25, -0.2) is 0 Å². The van der Waals surface area contributed by atoms with Crippen LogP contribution >= 0.6 is 0 Å². The Labute approximate surface area is 85.8 Å². The lowest BCUT2D eigenvalue weighted by Gasteiger charge is -2.33. The number of amides is 1. The van der Waals surface area contributed by atoms with Gasteiger partial charge in [-0.05, 0) is 12.3 Å². The number of nitrogens with one attached hydrogen (secondary N) is 1. The molecule has 1 aliphatic heterocycles. The van der Waals surface area contributed by atoms with Gasteiger partial charge in [0.1, 0.15) is 0 Å². The highest BCUT2D eigenvalue weighted by Gasteiger charge is 2.24. The minimum absolute atomic E-state index is 0.135. The highest BCUT2D eigenvalue weighted by atomic mass is 16.2. The van der Waals surface area contributed by atoms with Gasteiger partial charge in [0.15, 0.2) is 0 Å². The summed E-state index contributed by atoms with van der Waals surface area (Å²) in [5.41, 5.74) is 5.48. The highest BCUT2D eigenvalue weighted by Crippen LogP contribution is 2.09. The first kappa shape index (κ1) is 11.5. The van der Waals surface area contributed by atoms with Crippen molar-refractivity contribution in [2.24, 2.45) is 11.7 Å². The Kier molecular flexibility index (Phi) is 4.35. The molecule has 0 aromatic carbocycles. The summed E-state index contributed by atoms with van der Waals surface area (Å²) < 4.78 is 0. The number of nitrogens with zero attached hydrogens (tertiary/aromatic N) is 1. The average molecular weight is 199 g/mol. The predicted octanol–water partition coefficient (Wildman–Crippen LogP) is -0.208. The number of carbonyl (C=O) groups is 1. The summed E-state index contributed by atoms with van der Waals surface area (Å²) >= 11 is 0. The number of piperazine rings is 1. The van der Waals surface area contributed by atoms with Crippen LogP contribution in [0, 0.1) is 5.92 Å². The molecule has 82 valence electrons.